The predicted molar refractivity (Wildman–Crippen MR) is 92.3 cm³/mol. The Kier molecular flexibility index (Phi) is 5.96. The highest BCUT2D eigenvalue weighted by Gasteiger charge is 2.11. The highest BCUT2D eigenvalue weighted by Crippen LogP contribution is 2.36. The van der Waals surface area contributed by atoms with Crippen molar-refractivity contribution in [1.29, 1.82) is 0 Å². The van der Waals surface area contributed by atoms with Crippen LogP contribution >= 0.6 is 11.6 Å². The lowest BCUT2D eigenvalue weighted by Gasteiger charge is -2.14. The molecule has 0 unspecified atom stereocenters. The Bertz CT molecular complexity index is 611. The van der Waals surface area contributed by atoms with Crippen molar-refractivity contribution >= 4 is 17.3 Å². The van der Waals surface area contributed by atoms with Crippen molar-refractivity contribution in [2.45, 2.75) is 26.8 Å². The molecular formula is C18H22ClNO2. The minimum Gasteiger partial charge on any atom is -0.493 e. The van der Waals surface area contributed by atoms with Crippen molar-refractivity contribution in [3.8, 4) is 11.5 Å². The number of nitrogens with one attached hydrogen (secondary N) is 1. The molecule has 22 heavy (non-hydrogen) atoms. The van der Waals surface area contributed by atoms with Crippen LogP contribution in [-0.2, 0) is 6.54 Å². The number of anilines is 1. The highest BCUT2D eigenvalue weighted by atomic mass is 35.5. The van der Waals surface area contributed by atoms with Crippen molar-refractivity contribution in [3.63, 3.8) is 0 Å². The van der Waals surface area contributed by atoms with Crippen LogP contribution < -0.4 is 14.8 Å². The molecule has 2 aromatic rings. The smallest absolute Gasteiger partial charge is 0.179 e. The number of hydrogen-bond acceptors (Lipinski definition) is 3. The van der Waals surface area contributed by atoms with Gasteiger partial charge < -0.3 is 14.8 Å². The van der Waals surface area contributed by atoms with Gasteiger partial charge in [0.15, 0.2) is 11.5 Å². The van der Waals surface area contributed by atoms with Crippen LogP contribution in [0, 0.1) is 6.92 Å². The van der Waals surface area contributed by atoms with Gasteiger partial charge in [-0.2, -0.15) is 0 Å². The van der Waals surface area contributed by atoms with E-state index in [4.69, 9.17) is 21.1 Å². The minimum atomic E-state index is 0.577. The Morgan fingerprint density at radius 3 is 2.50 bits per heavy atom. The molecule has 4 heteroatoms. The van der Waals surface area contributed by atoms with E-state index in [0.29, 0.717) is 29.7 Å². The molecule has 0 saturated heterocycles. The van der Waals surface area contributed by atoms with Gasteiger partial charge in [0.25, 0.3) is 0 Å². The van der Waals surface area contributed by atoms with E-state index in [2.05, 4.69) is 43.4 Å². The summed E-state index contributed by atoms with van der Waals surface area (Å²) >= 11 is 6.32. The Balaban J connectivity index is 2.11. The van der Waals surface area contributed by atoms with E-state index in [9.17, 15) is 0 Å². The lowest BCUT2D eigenvalue weighted by atomic mass is 10.2. The summed E-state index contributed by atoms with van der Waals surface area (Å²) in [6, 6.07) is 12.2. The van der Waals surface area contributed by atoms with Crippen LogP contribution in [0.15, 0.2) is 36.4 Å². The molecule has 118 valence electrons. The lowest BCUT2D eigenvalue weighted by molar-refractivity contribution is 0.294. The Labute approximate surface area is 137 Å². The molecule has 0 heterocycles. The maximum absolute atomic E-state index is 6.32. The van der Waals surface area contributed by atoms with Crippen LogP contribution in [0.1, 0.15) is 24.5 Å². The fourth-order valence-corrected chi connectivity index (χ4v) is 2.38. The topological polar surface area (TPSA) is 30.5 Å². The third kappa shape index (κ3) is 4.31. The van der Waals surface area contributed by atoms with E-state index in [-0.39, 0.29) is 0 Å². The molecule has 2 rings (SSSR count). The fraction of sp³-hybridized carbons (Fsp3) is 0.333. The van der Waals surface area contributed by atoms with E-state index in [0.717, 1.165) is 17.7 Å². The summed E-state index contributed by atoms with van der Waals surface area (Å²) < 4.78 is 11.1. The molecule has 1 N–H and O–H groups in total. The molecule has 0 aliphatic heterocycles. The molecule has 0 fully saturated rings. The number of halogens is 1. The van der Waals surface area contributed by atoms with E-state index in [1.165, 1.54) is 5.56 Å². The van der Waals surface area contributed by atoms with Gasteiger partial charge in [0.1, 0.15) is 0 Å². The molecular weight excluding hydrogens is 298 g/mol. The van der Waals surface area contributed by atoms with E-state index in [1.54, 1.807) is 7.11 Å². The Morgan fingerprint density at radius 2 is 1.86 bits per heavy atom. The molecule has 0 bridgehead atoms. The Morgan fingerprint density at radius 1 is 1.14 bits per heavy atom. The minimum absolute atomic E-state index is 0.577. The standard InChI is InChI=1S/C18H22ClNO2/c1-4-9-22-18-16(19)10-14(11-17(18)21-3)12-20-15-7-5-13(2)6-8-15/h5-8,10-11,20H,4,9,12H2,1-3H3. The van der Waals surface area contributed by atoms with Crippen LogP contribution in [0.4, 0.5) is 5.69 Å². The quantitative estimate of drug-likeness (QED) is 0.774. The van der Waals surface area contributed by atoms with Gasteiger partial charge in [0, 0.05) is 12.2 Å². The average Bonchev–Trinajstić information content (AvgIpc) is 2.53. The summed E-state index contributed by atoms with van der Waals surface area (Å²) in [6.45, 7) is 5.42. The van der Waals surface area contributed by atoms with Gasteiger partial charge in [-0.1, -0.05) is 36.2 Å². The van der Waals surface area contributed by atoms with Crippen molar-refractivity contribution in [2.75, 3.05) is 19.0 Å². The predicted octanol–water partition coefficient (Wildman–Crippen LogP) is 5.06. The molecule has 0 radical (unpaired) electrons. The van der Waals surface area contributed by atoms with Gasteiger partial charge in [-0.15, -0.1) is 0 Å². The van der Waals surface area contributed by atoms with Crippen LogP contribution in [0.3, 0.4) is 0 Å². The van der Waals surface area contributed by atoms with Crippen LogP contribution in [-0.4, -0.2) is 13.7 Å². The fourth-order valence-electron chi connectivity index (χ4n) is 2.10. The molecule has 0 amide bonds. The number of rotatable bonds is 7. The molecule has 0 atom stereocenters. The monoisotopic (exact) mass is 319 g/mol. The second kappa shape index (κ2) is 7.95. The maximum atomic E-state index is 6.32. The van der Waals surface area contributed by atoms with Gasteiger partial charge >= 0.3 is 0 Å². The largest absolute Gasteiger partial charge is 0.493 e. The first-order chi connectivity index (χ1) is 10.6. The molecule has 0 saturated carbocycles. The third-order valence-electron chi connectivity index (χ3n) is 3.29. The highest BCUT2D eigenvalue weighted by molar-refractivity contribution is 6.32. The molecule has 0 aliphatic rings. The van der Waals surface area contributed by atoms with Crippen molar-refractivity contribution < 1.29 is 9.47 Å². The summed E-state index contributed by atoms with van der Waals surface area (Å²) in [5.41, 5.74) is 3.37. The number of aryl methyl sites for hydroxylation is 1. The van der Waals surface area contributed by atoms with E-state index < -0.39 is 0 Å². The summed E-state index contributed by atoms with van der Waals surface area (Å²) in [7, 11) is 1.63. The van der Waals surface area contributed by atoms with Gasteiger partial charge in [0.2, 0.25) is 0 Å². The van der Waals surface area contributed by atoms with Crippen molar-refractivity contribution in [2.24, 2.45) is 0 Å². The zero-order valence-electron chi connectivity index (χ0n) is 13.3. The number of methoxy groups -OCH3 is 1. The van der Waals surface area contributed by atoms with Crippen molar-refractivity contribution in [3.05, 3.63) is 52.5 Å². The lowest BCUT2D eigenvalue weighted by Crippen LogP contribution is -2.03. The average molecular weight is 320 g/mol. The summed E-state index contributed by atoms with van der Waals surface area (Å²) in [4.78, 5) is 0. The van der Waals surface area contributed by atoms with Crippen LogP contribution in [0.5, 0.6) is 11.5 Å². The second-order valence-electron chi connectivity index (χ2n) is 5.18. The molecule has 0 aliphatic carbocycles. The maximum Gasteiger partial charge on any atom is 0.179 e. The summed E-state index contributed by atoms with van der Waals surface area (Å²) in [5, 5.41) is 3.95. The molecule has 0 aromatic heterocycles. The van der Waals surface area contributed by atoms with Crippen molar-refractivity contribution in [1.82, 2.24) is 0 Å². The normalized spacial score (nSPS) is 10.4. The van der Waals surface area contributed by atoms with Crippen LogP contribution in [0.25, 0.3) is 0 Å². The molecule has 2 aromatic carbocycles. The van der Waals surface area contributed by atoms with Gasteiger partial charge in [0.05, 0.1) is 18.7 Å². The SMILES string of the molecule is CCCOc1c(Cl)cc(CNc2ccc(C)cc2)cc1OC. The van der Waals surface area contributed by atoms with Gasteiger partial charge in [-0.25, -0.2) is 0 Å². The van der Waals surface area contributed by atoms with E-state index >= 15 is 0 Å². The first kappa shape index (κ1) is 16.5. The number of benzene rings is 2. The zero-order chi connectivity index (χ0) is 15.9. The molecule has 3 nitrogen and oxygen atoms in total. The van der Waals surface area contributed by atoms with Gasteiger partial charge in [-0.3, -0.25) is 0 Å². The van der Waals surface area contributed by atoms with Crippen LogP contribution in [0.2, 0.25) is 5.02 Å². The zero-order valence-corrected chi connectivity index (χ0v) is 14.0. The first-order valence-corrected chi connectivity index (χ1v) is 7.81. The molecule has 0 spiro atoms. The van der Waals surface area contributed by atoms with E-state index in [1.807, 2.05) is 12.1 Å². The van der Waals surface area contributed by atoms with Gasteiger partial charge in [-0.05, 0) is 43.2 Å². The second-order valence-corrected chi connectivity index (χ2v) is 5.58. The Hall–Kier alpha value is -1.87. The number of hydrogen-bond donors (Lipinski definition) is 1. The third-order valence-corrected chi connectivity index (χ3v) is 3.57. The summed E-state index contributed by atoms with van der Waals surface area (Å²) in [5.74, 6) is 1.28. The summed E-state index contributed by atoms with van der Waals surface area (Å²) in [6.07, 6.45) is 0.927. The first-order valence-electron chi connectivity index (χ1n) is 7.43. The number of ether oxygens (including phenoxy) is 2.